The Bertz CT molecular complexity index is 1230. The molecule has 0 spiro atoms. The SMILES string of the molecule is CC(=CC=CC[C@@H](C)[C@H](O)CC(=O)O)C(=O)OC[C@H]1O[C@@H](O[C@@]2(C(=O)O)CC(=O)Nc3ccccc32)[C@H](O)[C@@H](O)[C@@H]1O. The summed E-state index contributed by atoms with van der Waals surface area (Å²) in [5.74, 6) is -4.49. The minimum Gasteiger partial charge on any atom is -0.481 e. The third-order valence-electron chi connectivity index (χ3n) is 7.11. The second kappa shape index (κ2) is 14.0. The van der Waals surface area contributed by atoms with Gasteiger partial charge in [-0.3, -0.25) is 9.59 Å². The number of anilines is 1. The van der Waals surface area contributed by atoms with Crippen LogP contribution in [-0.2, 0) is 39.0 Å². The van der Waals surface area contributed by atoms with Gasteiger partial charge in [0.05, 0.1) is 18.9 Å². The second-order valence-electron chi connectivity index (χ2n) is 10.3. The quantitative estimate of drug-likeness (QED) is 0.0966. The molecule has 1 aromatic carbocycles. The third kappa shape index (κ3) is 7.59. The van der Waals surface area contributed by atoms with E-state index in [9.17, 15) is 44.7 Å². The van der Waals surface area contributed by atoms with Gasteiger partial charge in [0.1, 0.15) is 31.0 Å². The molecular formula is C28H35NO13. The highest BCUT2D eigenvalue weighted by molar-refractivity contribution is 6.01. The number of carboxylic acid groups (broad SMARTS) is 2. The second-order valence-corrected chi connectivity index (χ2v) is 10.3. The number of aliphatic hydroxyl groups excluding tert-OH is 4. The molecule has 1 aromatic rings. The van der Waals surface area contributed by atoms with Gasteiger partial charge in [0, 0.05) is 16.8 Å². The number of carbonyl (C=O) groups excluding carboxylic acids is 2. The van der Waals surface area contributed by atoms with Crippen LogP contribution < -0.4 is 5.32 Å². The number of amides is 1. The van der Waals surface area contributed by atoms with Crippen LogP contribution in [0, 0.1) is 5.92 Å². The van der Waals surface area contributed by atoms with Gasteiger partial charge in [-0.25, -0.2) is 9.59 Å². The van der Waals surface area contributed by atoms with Gasteiger partial charge in [0.25, 0.3) is 0 Å². The Kier molecular flexibility index (Phi) is 11.0. The summed E-state index contributed by atoms with van der Waals surface area (Å²) < 4.78 is 16.4. The zero-order valence-electron chi connectivity index (χ0n) is 23.0. The van der Waals surface area contributed by atoms with E-state index in [1.54, 1.807) is 19.1 Å². The van der Waals surface area contributed by atoms with Crippen molar-refractivity contribution >= 4 is 29.5 Å². The van der Waals surface area contributed by atoms with Crippen molar-refractivity contribution in [3.63, 3.8) is 0 Å². The molecule has 42 heavy (non-hydrogen) atoms. The van der Waals surface area contributed by atoms with Crippen molar-refractivity contribution in [2.75, 3.05) is 11.9 Å². The summed E-state index contributed by atoms with van der Waals surface area (Å²) in [4.78, 5) is 48.0. The molecule has 2 heterocycles. The Hall–Kier alpha value is -3.66. The van der Waals surface area contributed by atoms with Crippen molar-refractivity contribution in [1.82, 2.24) is 0 Å². The zero-order valence-corrected chi connectivity index (χ0v) is 23.0. The fraction of sp³-hybridized carbons (Fsp3) is 0.500. The molecule has 1 amide bonds. The maximum absolute atomic E-state index is 12.5. The van der Waals surface area contributed by atoms with E-state index in [2.05, 4.69) is 5.32 Å². The average molecular weight is 594 g/mol. The molecule has 230 valence electrons. The molecule has 14 heteroatoms. The van der Waals surface area contributed by atoms with E-state index in [0.717, 1.165) is 0 Å². The average Bonchev–Trinajstić information content (AvgIpc) is 2.93. The summed E-state index contributed by atoms with van der Waals surface area (Å²) in [6.07, 6.45) is -5.93. The molecule has 0 unspecified atom stereocenters. The molecular weight excluding hydrogens is 558 g/mol. The number of nitrogens with one attached hydrogen (secondary N) is 1. The standard InChI is InChI=1S/C28H35NO13/c1-14(18(30)11-21(32)33)7-3-4-8-15(2)25(37)40-13-19-22(34)23(35)24(36)26(41-19)42-28(27(38)39)12-20(31)29-17-10-6-5-9-16(17)28/h3-6,8-10,14,18-19,22-24,26,30,34-36H,7,11-13H2,1-2H3,(H,29,31)(H,32,33)(H,38,39)/t14-,18-,19-,22-,23+,24-,26+,28+/m1/s1. The summed E-state index contributed by atoms with van der Waals surface area (Å²) in [6.45, 7) is 2.52. The van der Waals surface area contributed by atoms with Crippen LogP contribution in [0.1, 0.15) is 38.7 Å². The number of carbonyl (C=O) groups is 4. The number of rotatable bonds is 12. The van der Waals surface area contributed by atoms with Crippen molar-refractivity contribution in [2.45, 2.75) is 75.5 Å². The molecule has 2 aliphatic heterocycles. The van der Waals surface area contributed by atoms with E-state index in [-0.39, 0.29) is 29.2 Å². The van der Waals surface area contributed by atoms with Gasteiger partial charge in [-0.15, -0.1) is 0 Å². The maximum Gasteiger partial charge on any atom is 0.341 e. The van der Waals surface area contributed by atoms with Crippen molar-refractivity contribution in [2.24, 2.45) is 5.92 Å². The first kappa shape index (κ1) is 32.8. The predicted octanol–water partition coefficient (Wildman–Crippen LogP) is 0.0404. The summed E-state index contributed by atoms with van der Waals surface area (Å²) in [7, 11) is 0. The van der Waals surface area contributed by atoms with Crippen LogP contribution in [0.25, 0.3) is 0 Å². The van der Waals surface area contributed by atoms with Crippen LogP contribution in [0.3, 0.4) is 0 Å². The van der Waals surface area contributed by atoms with Gasteiger partial charge in [-0.05, 0) is 25.3 Å². The zero-order chi connectivity index (χ0) is 31.2. The topological polar surface area (TPSA) is 229 Å². The summed E-state index contributed by atoms with van der Waals surface area (Å²) in [5, 5.41) is 62.6. The lowest BCUT2D eigenvalue weighted by Gasteiger charge is -2.44. The number of hydrogen-bond acceptors (Lipinski definition) is 11. The smallest absolute Gasteiger partial charge is 0.341 e. The number of hydrogen-bond donors (Lipinski definition) is 7. The Morgan fingerprint density at radius 2 is 1.83 bits per heavy atom. The summed E-state index contributed by atoms with van der Waals surface area (Å²) in [5.41, 5.74) is -1.90. The number of allylic oxidation sites excluding steroid dienone is 3. The molecule has 1 saturated heterocycles. The van der Waals surface area contributed by atoms with Crippen LogP contribution in [-0.4, -0.2) is 97.9 Å². The van der Waals surface area contributed by atoms with E-state index in [1.807, 2.05) is 0 Å². The van der Waals surface area contributed by atoms with Gasteiger partial charge in [-0.2, -0.15) is 0 Å². The maximum atomic E-state index is 12.5. The number of aliphatic carboxylic acids is 2. The fourth-order valence-electron chi connectivity index (χ4n) is 4.54. The molecule has 0 aliphatic carbocycles. The highest BCUT2D eigenvalue weighted by atomic mass is 16.7. The first-order valence-electron chi connectivity index (χ1n) is 13.2. The van der Waals surface area contributed by atoms with E-state index >= 15 is 0 Å². The lowest BCUT2D eigenvalue weighted by Crippen LogP contribution is -2.62. The van der Waals surface area contributed by atoms with E-state index < -0.39 is 79.3 Å². The normalized spacial score (nSPS) is 29.3. The number of benzene rings is 1. The predicted molar refractivity (Wildman–Crippen MR) is 143 cm³/mol. The molecule has 7 N–H and O–H groups in total. The minimum absolute atomic E-state index is 0.0797. The largest absolute Gasteiger partial charge is 0.481 e. The summed E-state index contributed by atoms with van der Waals surface area (Å²) in [6, 6.07) is 6.00. The first-order valence-corrected chi connectivity index (χ1v) is 13.2. The van der Waals surface area contributed by atoms with Gasteiger partial charge < -0.3 is 50.2 Å². The number of aliphatic hydroxyl groups is 4. The Morgan fingerprint density at radius 3 is 2.50 bits per heavy atom. The minimum atomic E-state index is -2.29. The molecule has 2 aliphatic rings. The Balaban J connectivity index is 1.66. The van der Waals surface area contributed by atoms with Crippen molar-refractivity contribution in [3.05, 3.63) is 53.6 Å². The van der Waals surface area contributed by atoms with E-state index in [4.69, 9.17) is 19.3 Å². The van der Waals surface area contributed by atoms with Gasteiger partial charge >= 0.3 is 17.9 Å². The van der Waals surface area contributed by atoms with Crippen molar-refractivity contribution < 1.29 is 64.0 Å². The molecule has 0 bridgehead atoms. The lowest BCUT2D eigenvalue weighted by molar-refractivity contribution is -0.327. The van der Waals surface area contributed by atoms with Gasteiger partial charge in [0.2, 0.25) is 11.5 Å². The molecule has 14 nitrogen and oxygen atoms in total. The highest BCUT2D eigenvalue weighted by Gasteiger charge is 2.54. The van der Waals surface area contributed by atoms with Crippen LogP contribution in [0.2, 0.25) is 0 Å². The number of fused-ring (bicyclic) bond motifs is 1. The van der Waals surface area contributed by atoms with Crippen molar-refractivity contribution in [3.8, 4) is 0 Å². The fourth-order valence-corrected chi connectivity index (χ4v) is 4.54. The highest BCUT2D eigenvalue weighted by Crippen LogP contribution is 2.41. The van der Waals surface area contributed by atoms with Crippen LogP contribution >= 0.6 is 0 Å². The first-order chi connectivity index (χ1) is 19.8. The van der Waals surface area contributed by atoms with Crippen LogP contribution in [0.15, 0.2) is 48.1 Å². The van der Waals surface area contributed by atoms with E-state index in [1.165, 1.54) is 37.3 Å². The number of ether oxygens (including phenoxy) is 3. The number of para-hydroxylation sites is 1. The molecule has 0 saturated carbocycles. The Labute approximate surface area is 240 Å². The summed E-state index contributed by atoms with van der Waals surface area (Å²) >= 11 is 0. The number of esters is 1. The van der Waals surface area contributed by atoms with E-state index in [0.29, 0.717) is 6.42 Å². The monoisotopic (exact) mass is 593 g/mol. The van der Waals surface area contributed by atoms with Crippen LogP contribution in [0.5, 0.6) is 0 Å². The van der Waals surface area contributed by atoms with Crippen LogP contribution in [0.4, 0.5) is 5.69 Å². The number of carboxylic acids is 2. The Morgan fingerprint density at radius 1 is 1.14 bits per heavy atom. The van der Waals surface area contributed by atoms with Crippen molar-refractivity contribution in [1.29, 1.82) is 0 Å². The molecule has 0 radical (unpaired) electrons. The van der Waals surface area contributed by atoms with Gasteiger partial charge in [-0.1, -0.05) is 43.4 Å². The third-order valence-corrected chi connectivity index (χ3v) is 7.11. The molecule has 8 atom stereocenters. The molecule has 3 rings (SSSR count). The molecule has 1 fully saturated rings. The molecule has 0 aromatic heterocycles. The lowest BCUT2D eigenvalue weighted by atomic mass is 9.85. The van der Waals surface area contributed by atoms with Gasteiger partial charge in [0.15, 0.2) is 6.29 Å².